The molecular formula is C48H30N2O. The topological polar surface area (TPSA) is 21.3 Å². The summed E-state index contributed by atoms with van der Waals surface area (Å²) in [5.74, 6) is 0. The number of fused-ring (bicyclic) bond motifs is 11. The lowest BCUT2D eigenvalue weighted by atomic mass is 10.0. The Labute approximate surface area is 293 Å². The molecule has 0 bridgehead atoms. The molecule has 0 radical (unpaired) electrons. The highest BCUT2D eigenvalue weighted by Crippen LogP contribution is 2.42. The van der Waals surface area contributed by atoms with Crippen molar-refractivity contribution < 1.29 is 4.42 Å². The van der Waals surface area contributed by atoms with Crippen LogP contribution in [-0.4, -0.2) is 4.57 Å². The third-order valence-electron chi connectivity index (χ3n) is 10.5. The molecule has 0 fully saturated rings. The second-order valence-electron chi connectivity index (χ2n) is 13.4. The zero-order valence-corrected chi connectivity index (χ0v) is 27.6. The summed E-state index contributed by atoms with van der Waals surface area (Å²) in [6.45, 7) is 0. The van der Waals surface area contributed by atoms with Gasteiger partial charge in [0.2, 0.25) is 0 Å². The lowest BCUT2D eigenvalue weighted by Gasteiger charge is -2.26. The third kappa shape index (κ3) is 4.25. The van der Waals surface area contributed by atoms with Gasteiger partial charge in [0.25, 0.3) is 0 Å². The number of furan rings is 1. The maximum Gasteiger partial charge on any atom is 0.143 e. The molecule has 3 heteroatoms. The van der Waals surface area contributed by atoms with Crippen LogP contribution in [0.25, 0.3) is 81.7 Å². The Bertz CT molecular complexity index is 3090. The molecule has 2 aromatic heterocycles. The molecule has 2 heterocycles. The fourth-order valence-electron chi connectivity index (χ4n) is 8.17. The molecule has 0 saturated carbocycles. The van der Waals surface area contributed by atoms with Gasteiger partial charge < -0.3 is 13.9 Å². The molecule has 238 valence electrons. The van der Waals surface area contributed by atoms with Crippen LogP contribution in [0.2, 0.25) is 0 Å². The van der Waals surface area contributed by atoms with Crippen LogP contribution in [0.15, 0.2) is 186 Å². The van der Waals surface area contributed by atoms with Crippen molar-refractivity contribution in [2.24, 2.45) is 0 Å². The SMILES string of the molecule is c1ccc2c(c1)ccc1cc(N(c3ccc(-n4c5ccccc5c5ccccc54)cc3)c3ccc4oc5c6ccccc6ccc5c4c3)ccc12. The molecule has 11 aromatic rings. The summed E-state index contributed by atoms with van der Waals surface area (Å²) < 4.78 is 8.89. The van der Waals surface area contributed by atoms with Gasteiger partial charge in [-0.3, -0.25) is 0 Å². The number of anilines is 3. The van der Waals surface area contributed by atoms with E-state index in [0.717, 1.165) is 50.1 Å². The van der Waals surface area contributed by atoms with Gasteiger partial charge in [0.15, 0.2) is 0 Å². The highest BCUT2D eigenvalue weighted by atomic mass is 16.3. The second kappa shape index (κ2) is 10.8. The molecule has 0 amide bonds. The monoisotopic (exact) mass is 650 g/mol. The van der Waals surface area contributed by atoms with Crippen LogP contribution in [0, 0.1) is 0 Å². The summed E-state index contributed by atoms with van der Waals surface area (Å²) >= 11 is 0. The Morgan fingerprint density at radius 2 is 0.882 bits per heavy atom. The van der Waals surface area contributed by atoms with Crippen LogP contribution in [0.1, 0.15) is 0 Å². The molecule has 0 unspecified atom stereocenters. The van der Waals surface area contributed by atoms with Gasteiger partial charge in [0.05, 0.1) is 11.0 Å². The Morgan fingerprint density at radius 3 is 1.65 bits per heavy atom. The number of nitrogens with zero attached hydrogens (tertiary/aromatic N) is 2. The smallest absolute Gasteiger partial charge is 0.143 e. The molecule has 11 rings (SSSR count). The Hall–Kier alpha value is -6.84. The molecule has 0 aliphatic rings. The van der Waals surface area contributed by atoms with Crippen molar-refractivity contribution in [2.75, 3.05) is 4.90 Å². The van der Waals surface area contributed by atoms with Crippen LogP contribution < -0.4 is 4.90 Å². The summed E-state index contributed by atoms with van der Waals surface area (Å²) in [5.41, 5.74) is 8.60. The van der Waals surface area contributed by atoms with E-state index >= 15 is 0 Å². The predicted molar refractivity (Wildman–Crippen MR) is 215 cm³/mol. The first-order valence-electron chi connectivity index (χ1n) is 17.4. The Balaban J connectivity index is 1.11. The van der Waals surface area contributed by atoms with E-state index in [9.17, 15) is 0 Å². The maximum absolute atomic E-state index is 6.52. The molecule has 0 atom stereocenters. The summed E-state index contributed by atoms with van der Waals surface area (Å²) in [7, 11) is 0. The van der Waals surface area contributed by atoms with Crippen molar-refractivity contribution in [1.29, 1.82) is 0 Å². The van der Waals surface area contributed by atoms with Crippen LogP contribution in [0.4, 0.5) is 17.1 Å². The second-order valence-corrected chi connectivity index (χ2v) is 13.4. The normalized spacial score (nSPS) is 11.9. The van der Waals surface area contributed by atoms with Crippen molar-refractivity contribution in [3.05, 3.63) is 182 Å². The Morgan fingerprint density at radius 1 is 0.353 bits per heavy atom. The van der Waals surface area contributed by atoms with Crippen molar-refractivity contribution >= 4 is 93.1 Å². The van der Waals surface area contributed by atoms with Crippen LogP contribution in [0.5, 0.6) is 0 Å². The van der Waals surface area contributed by atoms with E-state index in [4.69, 9.17) is 4.42 Å². The average molecular weight is 651 g/mol. The van der Waals surface area contributed by atoms with Gasteiger partial charge in [-0.15, -0.1) is 0 Å². The molecular weight excluding hydrogens is 621 g/mol. The number of hydrogen-bond acceptors (Lipinski definition) is 2. The van der Waals surface area contributed by atoms with E-state index in [2.05, 4.69) is 191 Å². The van der Waals surface area contributed by atoms with Gasteiger partial charge in [0.1, 0.15) is 11.2 Å². The number of para-hydroxylation sites is 2. The van der Waals surface area contributed by atoms with E-state index in [1.54, 1.807) is 0 Å². The van der Waals surface area contributed by atoms with E-state index < -0.39 is 0 Å². The number of aromatic nitrogens is 1. The van der Waals surface area contributed by atoms with Gasteiger partial charge >= 0.3 is 0 Å². The first-order valence-corrected chi connectivity index (χ1v) is 17.4. The maximum atomic E-state index is 6.52. The lowest BCUT2D eigenvalue weighted by molar-refractivity contribution is 0.672. The van der Waals surface area contributed by atoms with Gasteiger partial charge in [-0.05, 0) is 99.7 Å². The van der Waals surface area contributed by atoms with Gasteiger partial charge in [-0.2, -0.15) is 0 Å². The van der Waals surface area contributed by atoms with Crippen LogP contribution in [-0.2, 0) is 0 Å². The summed E-state index contributed by atoms with van der Waals surface area (Å²) in [5, 5.41) is 12.0. The van der Waals surface area contributed by atoms with Crippen molar-refractivity contribution in [3.8, 4) is 5.69 Å². The molecule has 0 spiro atoms. The Kier molecular flexibility index (Phi) is 5.96. The molecule has 0 N–H and O–H groups in total. The van der Waals surface area contributed by atoms with Gasteiger partial charge in [-0.1, -0.05) is 109 Å². The lowest BCUT2D eigenvalue weighted by Crippen LogP contribution is -2.10. The molecule has 0 saturated heterocycles. The minimum atomic E-state index is 0.886. The summed E-state index contributed by atoms with van der Waals surface area (Å²) in [6.07, 6.45) is 0. The van der Waals surface area contributed by atoms with E-state index in [0.29, 0.717) is 0 Å². The van der Waals surface area contributed by atoms with Crippen molar-refractivity contribution in [3.63, 3.8) is 0 Å². The third-order valence-corrected chi connectivity index (χ3v) is 10.5. The van der Waals surface area contributed by atoms with E-state index in [1.165, 1.54) is 48.7 Å². The highest BCUT2D eigenvalue weighted by molar-refractivity contribution is 6.16. The van der Waals surface area contributed by atoms with E-state index in [1.807, 2.05) is 0 Å². The van der Waals surface area contributed by atoms with Crippen molar-refractivity contribution in [2.45, 2.75) is 0 Å². The fourth-order valence-corrected chi connectivity index (χ4v) is 8.17. The highest BCUT2D eigenvalue weighted by Gasteiger charge is 2.18. The van der Waals surface area contributed by atoms with Crippen LogP contribution in [0.3, 0.4) is 0 Å². The molecule has 0 aliphatic heterocycles. The fraction of sp³-hybridized carbons (Fsp3) is 0. The largest absolute Gasteiger partial charge is 0.455 e. The minimum Gasteiger partial charge on any atom is -0.455 e. The molecule has 9 aromatic carbocycles. The number of hydrogen-bond donors (Lipinski definition) is 0. The summed E-state index contributed by atoms with van der Waals surface area (Å²) in [4.78, 5) is 2.36. The number of benzene rings is 9. The predicted octanol–water partition coefficient (Wildman–Crippen LogP) is 13.6. The minimum absolute atomic E-state index is 0.886. The standard InChI is InChI=1S/C48H30N2O/c1-3-11-38-31(9-1)17-18-33-29-36(24-27-39(33)38)49(37-25-28-47-44(30-37)43-26-19-32-10-2-4-12-40(32)48(43)51-47)34-20-22-35(23-21-34)50-45-15-7-5-13-41(45)42-14-6-8-16-46(42)50/h1-30H. The molecule has 51 heavy (non-hydrogen) atoms. The van der Waals surface area contributed by atoms with Gasteiger partial charge in [0, 0.05) is 49.7 Å². The summed E-state index contributed by atoms with van der Waals surface area (Å²) in [6, 6.07) is 65.6. The molecule has 0 aliphatic carbocycles. The van der Waals surface area contributed by atoms with Gasteiger partial charge in [-0.25, -0.2) is 0 Å². The van der Waals surface area contributed by atoms with Crippen LogP contribution >= 0.6 is 0 Å². The van der Waals surface area contributed by atoms with Crippen molar-refractivity contribution in [1.82, 2.24) is 4.57 Å². The zero-order valence-electron chi connectivity index (χ0n) is 27.6. The first-order chi connectivity index (χ1) is 25.3. The first kappa shape index (κ1) is 28.0. The van der Waals surface area contributed by atoms with E-state index in [-0.39, 0.29) is 0 Å². The zero-order chi connectivity index (χ0) is 33.5. The number of rotatable bonds is 4. The molecule has 3 nitrogen and oxygen atoms in total. The quantitative estimate of drug-likeness (QED) is 0.177. The average Bonchev–Trinajstić information content (AvgIpc) is 3.74.